The van der Waals surface area contributed by atoms with E-state index in [0.717, 1.165) is 37.0 Å². The zero-order valence-electron chi connectivity index (χ0n) is 16.9. The third-order valence-corrected chi connectivity index (χ3v) is 4.74. The summed E-state index contributed by atoms with van der Waals surface area (Å²) in [6, 6.07) is 7.46. The normalized spacial score (nSPS) is 11.4. The number of imidazole rings is 1. The Morgan fingerprint density at radius 2 is 1.97 bits per heavy atom. The fourth-order valence-corrected chi connectivity index (χ4v) is 3.09. The number of methoxy groups -OCH3 is 1. The molecule has 0 bridgehead atoms. The highest BCUT2D eigenvalue weighted by Crippen LogP contribution is 2.17. The van der Waals surface area contributed by atoms with E-state index in [1.54, 1.807) is 24.9 Å². The lowest BCUT2D eigenvalue weighted by atomic mass is 10.2. The van der Waals surface area contributed by atoms with E-state index in [4.69, 9.17) is 4.74 Å². The number of hydrogen-bond donors (Lipinski definition) is 2. The van der Waals surface area contributed by atoms with Gasteiger partial charge in [0.2, 0.25) is 5.95 Å². The summed E-state index contributed by atoms with van der Waals surface area (Å²) in [5.41, 5.74) is 3.56. The van der Waals surface area contributed by atoms with Crippen LogP contribution in [0.25, 0.3) is 11.2 Å². The number of aromatic nitrogens is 4. The number of anilines is 1. The standard InChI is InChI=1S/C20H26N6O3/c1-4-5-6-7-12-26-16-17(25(2)20(28)23-18(16)27)22-19(26)24-21-13-14-8-10-15(29-3)11-9-14/h8-11,13H,4-7,12H2,1-3H3,(H,22,24)(H,23,27,28)/b21-13+. The van der Waals surface area contributed by atoms with Crippen molar-refractivity contribution in [2.75, 3.05) is 12.5 Å². The molecule has 0 saturated carbocycles. The highest BCUT2D eigenvalue weighted by Gasteiger charge is 2.16. The first-order valence-electron chi connectivity index (χ1n) is 9.67. The lowest BCUT2D eigenvalue weighted by Gasteiger charge is -2.08. The van der Waals surface area contributed by atoms with E-state index in [9.17, 15) is 9.59 Å². The van der Waals surface area contributed by atoms with E-state index in [1.807, 2.05) is 24.3 Å². The molecule has 3 aromatic rings. The Morgan fingerprint density at radius 1 is 1.21 bits per heavy atom. The SMILES string of the molecule is CCCCCCn1c(N/N=C/c2ccc(OC)cc2)nc2c1c(=O)[nH]c(=O)n2C. The minimum absolute atomic E-state index is 0.330. The highest BCUT2D eigenvalue weighted by atomic mass is 16.5. The maximum atomic E-state index is 12.4. The maximum absolute atomic E-state index is 12.4. The fraction of sp³-hybridized carbons (Fsp3) is 0.400. The van der Waals surface area contributed by atoms with Gasteiger partial charge < -0.3 is 9.30 Å². The zero-order chi connectivity index (χ0) is 20.8. The summed E-state index contributed by atoms with van der Waals surface area (Å²) in [6.07, 6.45) is 5.85. The molecule has 1 aromatic carbocycles. The monoisotopic (exact) mass is 398 g/mol. The molecule has 2 N–H and O–H groups in total. The maximum Gasteiger partial charge on any atom is 0.329 e. The van der Waals surface area contributed by atoms with Gasteiger partial charge in [-0.2, -0.15) is 10.1 Å². The molecule has 29 heavy (non-hydrogen) atoms. The third-order valence-electron chi connectivity index (χ3n) is 4.74. The molecule has 3 rings (SSSR count). The smallest absolute Gasteiger partial charge is 0.329 e. The number of ether oxygens (including phenoxy) is 1. The second-order valence-electron chi connectivity index (χ2n) is 6.78. The molecule has 0 saturated heterocycles. The number of hydrogen-bond acceptors (Lipinski definition) is 6. The number of nitrogens with one attached hydrogen (secondary N) is 2. The Balaban J connectivity index is 1.91. The van der Waals surface area contributed by atoms with Gasteiger partial charge in [-0.3, -0.25) is 14.3 Å². The average molecular weight is 398 g/mol. The molecule has 2 heterocycles. The number of H-pyrrole nitrogens is 1. The van der Waals surface area contributed by atoms with Crippen LogP contribution < -0.4 is 21.4 Å². The first kappa shape index (κ1) is 20.4. The van der Waals surface area contributed by atoms with Gasteiger partial charge in [-0.15, -0.1) is 0 Å². The van der Waals surface area contributed by atoms with Gasteiger partial charge in [0.05, 0.1) is 13.3 Å². The summed E-state index contributed by atoms with van der Waals surface area (Å²) in [5, 5.41) is 4.25. The van der Waals surface area contributed by atoms with Crippen molar-refractivity contribution in [2.24, 2.45) is 12.1 Å². The van der Waals surface area contributed by atoms with Gasteiger partial charge in [0.15, 0.2) is 11.2 Å². The zero-order valence-corrected chi connectivity index (χ0v) is 16.9. The van der Waals surface area contributed by atoms with Crippen LogP contribution in [-0.4, -0.2) is 32.4 Å². The Morgan fingerprint density at radius 3 is 2.66 bits per heavy atom. The van der Waals surface area contributed by atoms with Crippen LogP contribution in [0, 0.1) is 0 Å². The minimum atomic E-state index is -0.494. The van der Waals surface area contributed by atoms with Gasteiger partial charge in [-0.1, -0.05) is 26.2 Å². The molecule has 0 atom stereocenters. The van der Waals surface area contributed by atoms with E-state index in [0.29, 0.717) is 23.7 Å². The lowest BCUT2D eigenvalue weighted by Crippen LogP contribution is -2.29. The summed E-state index contributed by atoms with van der Waals surface area (Å²) < 4.78 is 8.26. The number of unbranched alkanes of at least 4 members (excludes halogenated alkanes) is 3. The van der Waals surface area contributed by atoms with Gasteiger partial charge in [0.25, 0.3) is 5.56 Å². The van der Waals surface area contributed by atoms with Crippen LogP contribution in [0.3, 0.4) is 0 Å². The van der Waals surface area contributed by atoms with Crippen molar-refractivity contribution >= 4 is 23.3 Å². The molecule has 154 valence electrons. The Hall–Kier alpha value is -3.36. The largest absolute Gasteiger partial charge is 0.497 e. The van der Waals surface area contributed by atoms with Crippen LogP contribution in [0.2, 0.25) is 0 Å². The topological polar surface area (TPSA) is 106 Å². The van der Waals surface area contributed by atoms with Gasteiger partial charge in [0.1, 0.15) is 5.75 Å². The Labute approximate surface area is 168 Å². The number of hydrazone groups is 1. The summed E-state index contributed by atoms with van der Waals surface area (Å²) in [6.45, 7) is 2.76. The van der Waals surface area contributed by atoms with Crippen molar-refractivity contribution in [3.63, 3.8) is 0 Å². The van der Waals surface area contributed by atoms with E-state index in [1.165, 1.54) is 4.57 Å². The molecule has 0 radical (unpaired) electrons. The van der Waals surface area contributed by atoms with Crippen molar-refractivity contribution in [3.05, 3.63) is 50.7 Å². The Kier molecular flexibility index (Phi) is 6.48. The van der Waals surface area contributed by atoms with Gasteiger partial charge >= 0.3 is 5.69 Å². The predicted molar refractivity (Wildman–Crippen MR) is 114 cm³/mol. The quantitative estimate of drug-likeness (QED) is 0.327. The van der Waals surface area contributed by atoms with Crippen molar-refractivity contribution in [3.8, 4) is 5.75 Å². The molecule has 2 aromatic heterocycles. The molecule has 0 aliphatic rings. The van der Waals surface area contributed by atoms with Crippen LogP contribution in [0.1, 0.15) is 38.2 Å². The summed E-state index contributed by atoms with van der Waals surface area (Å²) in [5.74, 6) is 1.19. The second kappa shape index (κ2) is 9.22. The van der Waals surface area contributed by atoms with E-state index in [-0.39, 0.29) is 0 Å². The van der Waals surface area contributed by atoms with Crippen LogP contribution in [0.4, 0.5) is 5.95 Å². The van der Waals surface area contributed by atoms with Crippen molar-refractivity contribution in [1.82, 2.24) is 19.1 Å². The first-order valence-corrected chi connectivity index (χ1v) is 9.67. The summed E-state index contributed by atoms with van der Waals surface area (Å²) in [7, 11) is 3.20. The number of aryl methyl sites for hydroxylation is 2. The van der Waals surface area contributed by atoms with E-state index < -0.39 is 11.2 Å². The Bertz CT molecular complexity index is 1110. The fourth-order valence-electron chi connectivity index (χ4n) is 3.09. The molecule has 9 nitrogen and oxygen atoms in total. The predicted octanol–water partition coefficient (Wildman–Crippen LogP) is 2.46. The molecule has 0 amide bonds. The van der Waals surface area contributed by atoms with E-state index in [2.05, 4.69) is 27.4 Å². The van der Waals surface area contributed by atoms with Crippen molar-refractivity contribution < 1.29 is 4.74 Å². The summed E-state index contributed by atoms with van der Waals surface area (Å²) >= 11 is 0. The van der Waals surface area contributed by atoms with Gasteiger partial charge in [-0.05, 0) is 36.2 Å². The minimum Gasteiger partial charge on any atom is -0.497 e. The number of fused-ring (bicyclic) bond motifs is 1. The van der Waals surface area contributed by atoms with Crippen LogP contribution in [-0.2, 0) is 13.6 Å². The molecule has 0 spiro atoms. The molecular formula is C20H26N6O3. The second-order valence-corrected chi connectivity index (χ2v) is 6.78. The molecule has 9 heteroatoms. The number of aromatic amines is 1. The van der Waals surface area contributed by atoms with Gasteiger partial charge in [0, 0.05) is 13.6 Å². The molecule has 0 aliphatic heterocycles. The first-order chi connectivity index (χ1) is 14.0. The number of benzene rings is 1. The third kappa shape index (κ3) is 4.56. The van der Waals surface area contributed by atoms with Gasteiger partial charge in [-0.25, -0.2) is 10.2 Å². The molecular weight excluding hydrogens is 372 g/mol. The van der Waals surface area contributed by atoms with Crippen LogP contribution in [0.15, 0.2) is 39.0 Å². The van der Waals surface area contributed by atoms with Crippen LogP contribution >= 0.6 is 0 Å². The lowest BCUT2D eigenvalue weighted by molar-refractivity contribution is 0.415. The molecule has 0 unspecified atom stereocenters. The molecule has 0 aliphatic carbocycles. The van der Waals surface area contributed by atoms with Crippen molar-refractivity contribution in [2.45, 2.75) is 39.2 Å². The molecule has 0 fully saturated rings. The highest BCUT2D eigenvalue weighted by molar-refractivity contribution is 5.80. The van der Waals surface area contributed by atoms with Crippen LogP contribution in [0.5, 0.6) is 5.75 Å². The average Bonchev–Trinajstić information content (AvgIpc) is 3.09. The van der Waals surface area contributed by atoms with Crippen molar-refractivity contribution in [1.29, 1.82) is 0 Å². The number of nitrogens with zero attached hydrogens (tertiary/aromatic N) is 4. The van der Waals surface area contributed by atoms with E-state index >= 15 is 0 Å². The summed E-state index contributed by atoms with van der Waals surface area (Å²) in [4.78, 5) is 31.1. The number of rotatable bonds is 9.